The minimum Gasteiger partial charge on any atom is -0.481 e. The van der Waals surface area contributed by atoms with Crippen LogP contribution in [0.4, 0.5) is 5.69 Å². The topological polar surface area (TPSA) is 57.6 Å². The molecule has 0 aliphatic heterocycles. The minimum absolute atomic E-state index is 0.0226. The minimum atomic E-state index is -0.885. The molecule has 4 heteroatoms. The van der Waals surface area contributed by atoms with Crippen molar-refractivity contribution < 1.29 is 14.7 Å². The molecule has 1 atom stereocenters. The van der Waals surface area contributed by atoms with Gasteiger partial charge in [-0.2, -0.15) is 0 Å². The maximum absolute atomic E-state index is 12.3. The van der Waals surface area contributed by atoms with Crippen molar-refractivity contribution in [1.82, 2.24) is 0 Å². The van der Waals surface area contributed by atoms with Crippen LogP contribution in [0.15, 0.2) is 18.2 Å². The van der Waals surface area contributed by atoms with Crippen LogP contribution < -0.4 is 4.90 Å². The van der Waals surface area contributed by atoms with Crippen LogP contribution in [-0.2, 0) is 9.59 Å². The molecular formula is C16H23NO3. The van der Waals surface area contributed by atoms with Crippen molar-refractivity contribution in [2.24, 2.45) is 5.92 Å². The number of nitrogens with zero attached hydrogens (tertiary/aromatic N) is 1. The highest BCUT2D eigenvalue weighted by molar-refractivity contribution is 5.94. The van der Waals surface area contributed by atoms with E-state index >= 15 is 0 Å². The van der Waals surface area contributed by atoms with Gasteiger partial charge in [-0.3, -0.25) is 9.59 Å². The number of carbonyl (C=O) groups is 2. The second-order valence-electron chi connectivity index (χ2n) is 5.34. The van der Waals surface area contributed by atoms with E-state index in [1.54, 1.807) is 11.8 Å². The molecule has 110 valence electrons. The molecule has 0 spiro atoms. The summed E-state index contributed by atoms with van der Waals surface area (Å²) in [5, 5.41) is 9.06. The normalized spacial score (nSPS) is 12.0. The molecule has 4 nitrogen and oxygen atoms in total. The maximum atomic E-state index is 12.3. The van der Waals surface area contributed by atoms with E-state index in [2.05, 4.69) is 0 Å². The number of carbonyl (C=O) groups excluding carboxylic acids is 1. The Hall–Kier alpha value is -1.84. The van der Waals surface area contributed by atoms with Crippen LogP contribution in [0.1, 0.15) is 37.8 Å². The Morgan fingerprint density at radius 2 is 1.75 bits per heavy atom. The third kappa shape index (κ3) is 4.37. The number of carboxylic acids is 1. The Morgan fingerprint density at radius 3 is 2.20 bits per heavy atom. The summed E-state index contributed by atoms with van der Waals surface area (Å²) in [5.74, 6) is -1.49. The van der Waals surface area contributed by atoms with Crippen molar-refractivity contribution in [3.8, 4) is 0 Å². The smallest absolute Gasteiger partial charge is 0.308 e. The van der Waals surface area contributed by atoms with E-state index in [0.717, 1.165) is 23.2 Å². The Balaban J connectivity index is 3.08. The fourth-order valence-corrected chi connectivity index (χ4v) is 2.16. The molecule has 0 aromatic heterocycles. The van der Waals surface area contributed by atoms with Crippen molar-refractivity contribution >= 4 is 17.6 Å². The van der Waals surface area contributed by atoms with Crippen molar-refractivity contribution in [3.05, 3.63) is 29.3 Å². The Labute approximate surface area is 120 Å². The first-order valence-electron chi connectivity index (χ1n) is 6.96. The Bertz CT molecular complexity index is 476. The molecule has 1 aromatic carbocycles. The zero-order valence-corrected chi connectivity index (χ0v) is 12.6. The zero-order valence-electron chi connectivity index (χ0n) is 12.6. The molecule has 0 fully saturated rings. The van der Waals surface area contributed by atoms with Crippen LogP contribution in [0.5, 0.6) is 0 Å². The van der Waals surface area contributed by atoms with E-state index in [9.17, 15) is 9.59 Å². The summed E-state index contributed by atoms with van der Waals surface area (Å²) in [6.45, 7) is 7.71. The third-order valence-corrected chi connectivity index (χ3v) is 3.16. The number of carboxylic acid groups (broad SMARTS) is 1. The van der Waals surface area contributed by atoms with Crippen molar-refractivity contribution in [2.75, 3.05) is 11.4 Å². The largest absolute Gasteiger partial charge is 0.481 e. The van der Waals surface area contributed by atoms with Gasteiger partial charge in [0.05, 0.1) is 5.92 Å². The number of rotatable bonds is 6. The summed E-state index contributed by atoms with van der Waals surface area (Å²) in [5.41, 5.74) is 2.92. The number of aliphatic carboxylic acids is 1. The van der Waals surface area contributed by atoms with Crippen molar-refractivity contribution in [3.63, 3.8) is 0 Å². The number of hydrogen-bond donors (Lipinski definition) is 1. The van der Waals surface area contributed by atoms with Gasteiger partial charge in [-0.25, -0.2) is 0 Å². The van der Waals surface area contributed by atoms with E-state index in [1.165, 1.54) is 0 Å². The van der Waals surface area contributed by atoms with Crippen LogP contribution in [-0.4, -0.2) is 23.5 Å². The van der Waals surface area contributed by atoms with Gasteiger partial charge in [0, 0.05) is 18.7 Å². The standard InChI is InChI=1S/C16H23NO3/c1-5-6-15(18)17(10-13(4)16(19)20)14-8-11(2)7-12(3)9-14/h7-9,13H,5-6,10H2,1-4H3,(H,19,20). The molecule has 1 rings (SSSR count). The summed E-state index contributed by atoms with van der Waals surface area (Å²) in [7, 11) is 0. The predicted molar refractivity (Wildman–Crippen MR) is 80.0 cm³/mol. The monoisotopic (exact) mass is 277 g/mol. The molecule has 0 bridgehead atoms. The van der Waals surface area contributed by atoms with Crippen molar-refractivity contribution in [1.29, 1.82) is 0 Å². The number of aryl methyl sites for hydroxylation is 2. The fraction of sp³-hybridized carbons (Fsp3) is 0.500. The molecule has 1 unspecified atom stereocenters. The summed E-state index contributed by atoms with van der Waals surface area (Å²) in [6, 6.07) is 5.89. The second kappa shape index (κ2) is 7.08. The van der Waals surface area contributed by atoms with Crippen LogP contribution in [0, 0.1) is 19.8 Å². The quantitative estimate of drug-likeness (QED) is 0.869. The Kier molecular flexibility index (Phi) is 5.74. The van der Waals surface area contributed by atoms with Gasteiger partial charge in [-0.05, 0) is 43.5 Å². The maximum Gasteiger partial charge on any atom is 0.308 e. The van der Waals surface area contributed by atoms with Gasteiger partial charge in [0.25, 0.3) is 0 Å². The molecule has 0 saturated carbocycles. The second-order valence-corrected chi connectivity index (χ2v) is 5.34. The van der Waals surface area contributed by atoms with Gasteiger partial charge in [-0.15, -0.1) is 0 Å². The van der Waals surface area contributed by atoms with Gasteiger partial charge < -0.3 is 10.0 Å². The number of anilines is 1. The molecule has 0 heterocycles. The van der Waals surface area contributed by atoms with Crippen LogP contribution in [0.25, 0.3) is 0 Å². The summed E-state index contributed by atoms with van der Waals surface area (Å²) in [4.78, 5) is 24.9. The molecule has 1 amide bonds. The first-order chi connectivity index (χ1) is 9.35. The Morgan fingerprint density at radius 1 is 1.20 bits per heavy atom. The molecule has 0 radical (unpaired) electrons. The van der Waals surface area contributed by atoms with Gasteiger partial charge in [0.1, 0.15) is 0 Å². The SMILES string of the molecule is CCCC(=O)N(CC(C)C(=O)O)c1cc(C)cc(C)c1. The van der Waals surface area contributed by atoms with E-state index in [1.807, 2.05) is 39.0 Å². The fourth-order valence-electron chi connectivity index (χ4n) is 2.16. The van der Waals surface area contributed by atoms with Crippen LogP contribution >= 0.6 is 0 Å². The molecule has 0 saturated heterocycles. The van der Waals surface area contributed by atoms with E-state index in [0.29, 0.717) is 6.42 Å². The van der Waals surface area contributed by atoms with Crippen molar-refractivity contribution in [2.45, 2.75) is 40.5 Å². The van der Waals surface area contributed by atoms with Crippen LogP contribution in [0.2, 0.25) is 0 Å². The highest BCUT2D eigenvalue weighted by Crippen LogP contribution is 2.21. The van der Waals surface area contributed by atoms with E-state index in [4.69, 9.17) is 5.11 Å². The molecule has 1 N–H and O–H groups in total. The average molecular weight is 277 g/mol. The van der Waals surface area contributed by atoms with Gasteiger partial charge in [0.15, 0.2) is 0 Å². The summed E-state index contributed by atoms with van der Waals surface area (Å²) < 4.78 is 0. The molecule has 0 aliphatic rings. The van der Waals surface area contributed by atoms with Crippen LogP contribution in [0.3, 0.4) is 0 Å². The highest BCUT2D eigenvalue weighted by Gasteiger charge is 2.21. The molecule has 1 aromatic rings. The lowest BCUT2D eigenvalue weighted by Gasteiger charge is -2.25. The zero-order chi connectivity index (χ0) is 15.3. The van der Waals surface area contributed by atoms with E-state index < -0.39 is 11.9 Å². The summed E-state index contributed by atoms with van der Waals surface area (Å²) in [6.07, 6.45) is 1.18. The number of hydrogen-bond acceptors (Lipinski definition) is 2. The van der Waals surface area contributed by atoms with Gasteiger partial charge in [-0.1, -0.05) is 19.9 Å². The highest BCUT2D eigenvalue weighted by atomic mass is 16.4. The lowest BCUT2D eigenvalue weighted by atomic mass is 10.1. The van der Waals surface area contributed by atoms with Gasteiger partial charge >= 0.3 is 5.97 Å². The summed E-state index contributed by atoms with van der Waals surface area (Å²) >= 11 is 0. The first kappa shape index (κ1) is 16.2. The molecular weight excluding hydrogens is 254 g/mol. The average Bonchev–Trinajstić information content (AvgIpc) is 2.34. The third-order valence-electron chi connectivity index (χ3n) is 3.16. The van der Waals surface area contributed by atoms with Gasteiger partial charge in [0.2, 0.25) is 5.91 Å². The molecule has 20 heavy (non-hydrogen) atoms. The lowest BCUT2D eigenvalue weighted by Crippen LogP contribution is -2.37. The molecule has 0 aliphatic carbocycles. The number of amides is 1. The lowest BCUT2D eigenvalue weighted by molar-refractivity contribution is -0.140. The predicted octanol–water partition coefficient (Wildman–Crippen LogP) is 3.16. The first-order valence-corrected chi connectivity index (χ1v) is 6.96. The number of benzene rings is 1. The van der Waals surface area contributed by atoms with E-state index in [-0.39, 0.29) is 12.5 Å².